The molecule has 0 saturated carbocycles. The maximum atomic E-state index is 2.35. The second-order valence-electron chi connectivity index (χ2n) is 11.5. The fraction of sp³-hybridized carbons (Fsp3) is 0.122. The fourth-order valence-electron chi connectivity index (χ4n) is 5.95. The molecule has 0 saturated heterocycles. The first-order valence-corrected chi connectivity index (χ1v) is 14.9. The second kappa shape index (κ2) is 12.0. The second-order valence-corrected chi connectivity index (χ2v) is 11.5. The molecular formula is C41H38N2. The molecule has 0 unspecified atom stereocenters. The molecule has 43 heavy (non-hydrogen) atoms. The first-order chi connectivity index (χ1) is 20.9. The van der Waals surface area contributed by atoms with Gasteiger partial charge in [-0.05, 0) is 146 Å². The molecule has 0 spiro atoms. The SMILES string of the molecule is Cc1cccc(N(c2ccccc2)c2ccc(-c3ccc(N(c4cccc(C)c4)c4cccc(C)c4)cc3C)c(C)c2)c1. The number of aryl methyl sites for hydroxylation is 5. The van der Waals surface area contributed by atoms with Crippen molar-refractivity contribution >= 4 is 34.1 Å². The van der Waals surface area contributed by atoms with Crippen molar-refractivity contribution in [1.29, 1.82) is 0 Å². The largest absolute Gasteiger partial charge is 0.310 e. The molecule has 6 aromatic carbocycles. The Balaban J connectivity index is 1.40. The molecule has 0 aliphatic heterocycles. The molecule has 2 nitrogen and oxygen atoms in total. The quantitative estimate of drug-likeness (QED) is 0.192. The average molecular weight is 559 g/mol. The van der Waals surface area contributed by atoms with Gasteiger partial charge < -0.3 is 9.80 Å². The lowest BCUT2D eigenvalue weighted by Gasteiger charge is -2.28. The molecule has 0 amide bonds. The predicted octanol–water partition coefficient (Wildman–Crippen LogP) is 11.8. The van der Waals surface area contributed by atoms with Crippen molar-refractivity contribution in [2.75, 3.05) is 9.80 Å². The molecule has 212 valence electrons. The minimum Gasteiger partial charge on any atom is -0.310 e. The first kappa shape index (κ1) is 28.1. The van der Waals surface area contributed by atoms with Crippen molar-refractivity contribution in [3.05, 3.63) is 167 Å². The highest BCUT2D eigenvalue weighted by Gasteiger charge is 2.17. The fourth-order valence-corrected chi connectivity index (χ4v) is 5.95. The van der Waals surface area contributed by atoms with E-state index >= 15 is 0 Å². The van der Waals surface area contributed by atoms with E-state index in [-0.39, 0.29) is 0 Å². The Hall–Kier alpha value is -5.08. The van der Waals surface area contributed by atoms with E-state index in [9.17, 15) is 0 Å². The van der Waals surface area contributed by atoms with Crippen molar-refractivity contribution in [1.82, 2.24) is 0 Å². The number of anilines is 6. The standard InChI is InChI=1S/C41H38N2/c1-29-12-9-17-35(24-29)42(34-15-7-6-8-16-34)38-20-22-40(32(4)27-38)41-23-21-39(28-33(41)5)43(36-18-10-13-30(2)25-36)37-19-11-14-31(3)26-37/h6-28H,1-5H3. The summed E-state index contributed by atoms with van der Waals surface area (Å²) < 4.78 is 0. The highest BCUT2D eigenvalue weighted by Crippen LogP contribution is 2.40. The van der Waals surface area contributed by atoms with Gasteiger partial charge in [-0.2, -0.15) is 0 Å². The number of nitrogens with zero attached hydrogens (tertiary/aromatic N) is 2. The van der Waals surface area contributed by atoms with Gasteiger partial charge in [0, 0.05) is 34.1 Å². The number of rotatable bonds is 7. The van der Waals surface area contributed by atoms with Crippen LogP contribution in [0.5, 0.6) is 0 Å². The maximum absolute atomic E-state index is 2.35. The monoisotopic (exact) mass is 558 g/mol. The third kappa shape index (κ3) is 5.96. The van der Waals surface area contributed by atoms with E-state index in [1.54, 1.807) is 0 Å². The summed E-state index contributed by atoms with van der Waals surface area (Å²) in [5, 5.41) is 0. The van der Waals surface area contributed by atoms with E-state index in [0.717, 1.165) is 34.1 Å². The van der Waals surface area contributed by atoms with Crippen molar-refractivity contribution in [2.45, 2.75) is 34.6 Å². The van der Waals surface area contributed by atoms with Crippen LogP contribution in [0.4, 0.5) is 34.1 Å². The molecule has 0 N–H and O–H groups in total. The van der Waals surface area contributed by atoms with Crippen molar-refractivity contribution in [3.63, 3.8) is 0 Å². The van der Waals surface area contributed by atoms with Crippen LogP contribution in [0, 0.1) is 34.6 Å². The van der Waals surface area contributed by atoms with Crippen molar-refractivity contribution in [3.8, 4) is 11.1 Å². The van der Waals surface area contributed by atoms with Crippen LogP contribution in [-0.2, 0) is 0 Å². The van der Waals surface area contributed by atoms with Crippen LogP contribution >= 0.6 is 0 Å². The minimum absolute atomic E-state index is 1.15. The summed E-state index contributed by atoms with van der Waals surface area (Å²) in [5.41, 5.74) is 15.7. The van der Waals surface area contributed by atoms with Crippen LogP contribution < -0.4 is 9.80 Å². The zero-order chi connectivity index (χ0) is 29.9. The van der Waals surface area contributed by atoms with Gasteiger partial charge in [-0.25, -0.2) is 0 Å². The third-order valence-corrected chi connectivity index (χ3v) is 8.02. The molecule has 0 aliphatic carbocycles. The van der Waals surface area contributed by atoms with E-state index in [2.05, 4.69) is 184 Å². The van der Waals surface area contributed by atoms with Crippen molar-refractivity contribution in [2.24, 2.45) is 0 Å². The van der Waals surface area contributed by atoms with Gasteiger partial charge in [-0.1, -0.05) is 66.7 Å². The maximum Gasteiger partial charge on any atom is 0.0464 e. The molecule has 0 atom stereocenters. The Bertz CT molecular complexity index is 1840. The van der Waals surface area contributed by atoms with E-state index in [1.165, 1.54) is 38.9 Å². The molecule has 2 heteroatoms. The van der Waals surface area contributed by atoms with Crippen LogP contribution in [0.2, 0.25) is 0 Å². The highest BCUT2D eigenvalue weighted by atomic mass is 15.1. The van der Waals surface area contributed by atoms with Crippen LogP contribution in [0.25, 0.3) is 11.1 Å². The summed E-state index contributed by atoms with van der Waals surface area (Å²) in [6, 6.07) is 50.4. The Morgan fingerprint density at radius 1 is 0.302 bits per heavy atom. The molecule has 0 heterocycles. The summed E-state index contributed by atoms with van der Waals surface area (Å²) in [7, 11) is 0. The molecular weight excluding hydrogens is 520 g/mol. The molecule has 0 fully saturated rings. The molecule has 0 radical (unpaired) electrons. The third-order valence-electron chi connectivity index (χ3n) is 8.02. The molecule has 6 rings (SSSR count). The van der Waals surface area contributed by atoms with Crippen LogP contribution in [0.15, 0.2) is 140 Å². The summed E-state index contributed by atoms with van der Waals surface area (Å²) >= 11 is 0. The molecule has 0 aliphatic rings. The Morgan fingerprint density at radius 3 is 1.02 bits per heavy atom. The minimum atomic E-state index is 1.15. The van der Waals surface area contributed by atoms with Crippen LogP contribution in [0.3, 0.4) is 0 Å². The Morgan fingerprint density at radius 2 is 0.651 bits per heavy atom. The van der Waals surface area contributed by atoms with E-state index < -0.39 is 0 Å². The number of hydrogen-bond acceptors (Lipinski definition) is 2. The average Bonchev–Trinajstić information content (AvgIpc) is 2.99. The van der Waals surface area contributed by atoms with Gasteiger partial charge in [-0.3, -0.25) is 0 Å². The zero-order valence-corrected chi connectivity index (χ0v) is 25.7. The number of hydrogen-bond donors (Lipinski definition) is 0. The van der Waals surface area contributed by atoms with E-state index in [1.807, 2.05) is 0 Å². The van der Waals surface area contributed by atoms with Gasteiger partial charge in [0.05, 0.1) is 0 Å². The lowest BCUT2D eigenvalue weighted by molar-refractivity contribution is 1.25. The summed E-state index contributed by atoms with van der Waals surface area (Å²) in [5.74, 6) is 0. The van der Waals surface area contributed by atoms with Gasteiger partial charge in [-0.15, -0.1) is 0 Å². The summed E-state index contributed by atoms with van der Waals surface area (Å²) in [4.78, 5) is 4.69. The van der Waals surface area contributed by atoms with Gasteiger partial charge in [0.2, 0.25) is 0 Å². The Kier molecular flexibility index (Phi) is 7.85. The van der Waals surface area contributed by atoms with Crippen LogP contribution in [-0.4, -0.2) is 0 Å². The number of benzene rings is 6. The van der Waals surface area contributed by atoms with Gasteiger partial charge >= 0.3 is 0 Å². The summed E-state index contributed by atoms with van der Waals surface area (Å²) in [6.45, 7) is 10.9. The normalized spacial score (nSPS) is 10.9. The lowest BCUT2D eigenvalue weighted by Crippen LogP contribution is -2.11. The number of para-hydroxylation sites is 1. The van der Waals surface area contributed by atoms with Gasteiger partial charge in [0.1, 0.15) is 0 Å². The Labute approximate surface area is 256 Å². The molecule has 0 bridgehead atoms. The van der Waals surface area contributed by atoms with Gasteiger partial charge in [0.15, 0.2) is 0 Å². The van der Waals surface area contributed by atoms with E-state index in [0.29, 0.717) is 0 Å². The first-order valence-electron chi connectivity index (χ1n) is 14.9. The van der Waals surface area contributed by atoms with Crippen LogP contribution in [0.1, 0.15) is 27.8 Å². The lowest BCUT2D eigenvalue weighted by atomic mass is 9.95. The molecule has 0 aromatic heterocycles. The topological polar surface area (TPSA) is 6.48 Å². The van der Waals surface area contributed by atoms with Gasteiger partial charge in [0.25, 0.3) is 0 Å². The smallest absolute Gasteiger partial charge is 0.0464 e. The molecule has 6 aromatic rings. The zero-order valence-electron chi connectivity index (χ0n) is 25.7. The van der Waals surface area contributed by atoms with Crippen molar-refractivity contribution < 1.29 is 0 Å². The summed E-state index contributed by atoms with van der Waals surface area (Å²) in [6.07, 6.45) is 0. The predicted molar refractivity (Wildman–Crippen MR) is 185 cm³/mol. The van der Waals surface area contributed by atoms with E-state index in [4.69, 9.17) is 0 Å². The highest BCUT2D eigenvalue weighted by molar-refractivity contribution is 5.83.